The van der Waals surface area contributed by atoms with E-state index in [9.17, 15) is 9.59 Å². The van der Waals surface area contributed by atoms with Gasteiger partial charge in [-0.2, -0.15) is 0 Å². The maximum absolute atomic E-state index is 12.5. The van der Waals surface area contributed by atoms with Gasteiger partial charge in [0, 0.05) is 5.56 Å². The predicted octanol–water partition coefficient (Wildman–Crippen LogP) is 4.23. The quantitative estimate of drug-likeness (QED) is 0.494. The maximum Gasteiger partial charge on any atom is 0.338 e. The summed E-state index contributed by atoms with van der Waals surface area (Å²) < 4.78 is 16.6. The Balaban J connectivity index is 1.48. The van der Waals surface area contributed by atoms with Crippen molar-refractivity contribution in [3.05, 3.63) is 47.5 Å². The number of carbonyl (C=O) groups excluding carboxylic acids is 2. The van der Waals surface area contributed by atoms with Crippen molar-refractivity contribution < 1.29 is 23.8 Å². The number of aromatic nitrogens is 1. The molecule has 1 aliphatic heterocycles. The lowest BCUT2D eigenvalue weighted by atomic mass is 10.2. The lowest BCUT2D eigenvalue weighted by Crippen LogP contribution is -2.11. The van der Waals surface area contributed by atoms with Crippen LogP contribution in [0.3, 0.4) is 0 Å². The molecule has 0 aliphatic carbocycles. The SMILES string of the molecule is CCCCOC(=O)c1ccc2nc(NC(=O)c3ccc4c(c3)OCO4)sc2c1. The molecular formula is C20H18N2O5S. The Morgan fingerprint density at radius 3 is 2.82 bits per heavy atom. The van der Waals surface area contributed by atoms with E-state index in [2.05, 4.69) is 10.3 Å². The molecule has 0 unspecified atom stereocenters. The number of hydrogen-bond acceptors (Lipinski definition) is 7. The van der Waals surface area contributed by atoms with Gasteiger partial charge in [-0.3, -0.25) is 10.1 Å². The van der Waals surface area contributed by atoms with Crippen molar-refractivity contribution in [1.29, 1.82) is 0 Å². The number of rotatable bonds is 6. The van der Waals surface area contributed by atoms with E-state index in [-0.39, 0.29) is 18.7 Å². The second-order valence-corrected chi connectivity index (χ2v) is 7.24. The summed E-state index contributed by atoms with van der Waals surface area (Å²) in [7, 11) is 0. The van der Waals surface area contributed by atoms with Gasteiger partial charge in [-0.05, 0) is 42.8 Å². The molecule has 0 radical (unpaired) electrons. The molecule has 0 fully saturated rings. The third-order valence-electron chi connectivity index (χ3n) is 4.21. The highest BCUT2D eigenvalue weighted by Crippen LogP contribution is 2.33. The standard InChI is InChI=1S/C20H18N2O5S/c1-2-3-8-25-19(24)13-4-6-14-17(10-13)28-20(21-14)22-18(23)12-5-7-15-16(9-12)27-11-26-15/h4-7,9-10H,2-3,8,11H2,1H3,(H,21,22,23). The smallest absolute Gasteiger partial charge is 0.338 e. The number of ether oxygens (including phenoxy) is 3. The Morgan fingerprint density at radius 1 is 1.14 bits per heavy atom. The van der Waals surface area contributed by atoms with Gasteiger partial charge in [-0.1, -0.05) is 24.7 Å². The van der Waals surface area contributed by atoms with Crippen LogP contribution in [-0.4, -0.2) is 30.3 Å². The number of amides is 1. The van der Waals surface area contributed by atoms with Crippen LogP contribution in [0.5, 0.6) is 11.5 Å². The normalized spacial score (nSPS) is 12.2. The monoisotopic (exact) mass is 398 g/mol. The summed E-state index contributed by atoms with van der Waals surface area (Å²) in [6.07, 6.45) is 1.80. The Kier molecular flexibility index (Phi) is 5.12. The molecule has 0 bridgehead atoms. The first kappa shape index (κ1) is 18.2. The number of carbonyl (C=O) groups is 2. The van der Waals surface area contributed by atoms with Crippen LogP contribution in [-0.2, 0) is 4.74 Å². The first-order valence-electron chi connectivity index (χ1n) is 8.93. The molecule has 2 aromatic carbocycles. The number of nitrogens with one attached hydrogen (secondary N) is 1. The minimum Gasteiger partial charge on any atom is -0.462 e. The number of anilines is 1. The van der Waals surface area contributed by atoms with E-state index in [1.54, 1.807) is 36.4 Å². The first-order valence-corrected chi connectivity index (χ1v) is 9.74. The van der Waals surface area contributed by atoms with Gasteiger partial charge in [0.15, 0.2) is 16.6 Å². The van der Waals surface area contributed by atoms with Crippen molar-refractivity contribution in [2.24, 2.45) is 0 Å². The Bertz CT molecular complexity index is 1050. The largest absolute Gasteiger partial charge is 0.462 e. The van der Waals surface area contributed by atoms with Crippen LogP contribution in [0.1, 0.15) is 40.5 Å². The number of benzene rings is 2. The summed E-state index contributed by atoms with van der Waals surface area (Å²) in [5, 5.41) is 3.24. The van der Waals surface area contributed by atoms with Crippen LogP contribution < -0.4 is 14.8 Å². The fourth-order valence-electron chi connectivity index (χ4n) is 2.70. The summed E-state index contributed by atoms with van der Waals surface area (Å²) in [5.74, 6) is 0.518. The molecule has 0 saturated carbocycles. The van der Waals surface area contributed by atoms with Crippen LogP contribution in [0, 0.1) is 0 Å². The summed E-state index contributed by atoms with van der Waals surface area (Å²) in [4.78, 5) is 29.0. The van der Waals surface area contributed by atoms with E-state index in [0.717, 1.165) is 17.5 Å². The minimum absolute atomic E-state index is 0.154. The Labute approximate surface area is 165 Å². The van der Waals surface area contributed by atoms with E-state index in [4.69, 9.17) is 14.2 Å². The highest BCUT2D eigenvalue weighted by atomic mass is 32.1. The average Bonchev–Trinajstić information content (AvgIpc) is 3.32. The highest BCUT2D eigenvalue weighted by molar-refractivity contribution is 7.22. The minimum atomic E-state index is -0.352. The van der Waals surface area contributed by atoms with E-state index >= 15 is 0 Å². The second kappa shape index (κ2) is 7.85. The summed E-state index contributed by atoms with van der Waals surface area (Å²) in [6.45, 7) is 2.60. The number of nitrogens with zero attached hydrogens (tertiary/aromatic N) is 1. The number of esters is 1. The number of unbranched alkanes of at least 4 members (excludes halogenated alkanes) is 1. The molecule has 3 aromatic rings. The van der Waals surface area contributed by atoms with Crippen LogP contribution in [0.2, 0.25) is 0 Å². The van der Waals surface area contributed by atoms with E-state index in [0.29, 0.717) is 39.9 Å². The van der Waals surface area contributed by atoms with Gasteiger partial charge in [-0.25, -0.2) is 9.78 Å². The zero-order valence-electron chi connectivity index (χ0n) is 15.2. The van der Waals surface area contributed by atoms with Gasteiger partial charge in [0.1, 0.15) is 0 Å². The maximum atomic E-state index is 12.5. The lowest BCUT2D eigenvalue weighted by Gasteiger charge is -2.03. The van der Waals surface area contributed by atoms with Crippen molar-refractivity contribution in [2.45, 2.75) is 19.8 Å². The third kappa shape index (κ3) is 3.77. The fraction of sp³-hybridized carbons (Fsp3) is 0.250. The molecule has 144 valence electrons. The van der Waals surface area contributed by atoms with Gasteiger partial charge in [-0.15, -0.1) is 0 Å². The second-order valence-electron chi connectivity index (χ2n) is 6.21. The summed E-state index contributed by atoms with van der Waals surface area (Å²) in [6, 6.07) is 10.2. The van der Waals surface area contributed by atoms with Crippen LogP contribution in [0.25, 0.3) is 10.2 Å². The zero-order chi connectivity index (χ0) is 19.5. The van der Waals surface area contributed by atoms with Crippen molar-refractivity contribution >= 4 is 38.6 Å². The number of hydrogen-bond donors (Lipinski definition) is 1. The van der Waals surface area contributed by atoms with Gasteiger partial charge < -0.3 is 14.2 Å². The molecule has 0 spiro atoms. The molecule has 7 nitrogen and oxygen atoms in total. The van der Waals surface area contributed by atoms with Gasteiger partial charge in [0.2, 0.25) is 6.79 Å². The van der Waals surface area contributed by atoms with Crippen LogP contribution >= 0.6 is 11.3 Å². The third-order valence-corrected chi connectivity index (χ3v) is 5.14. The summed E-state index contributed by atoms with van der Waals surface area (Å²) in [5.41, 5.74) is 1.63. The highest BCUT2D eigenvalue weighted by Gasteiger charge is 2.17. The molecule has 8 heteroatoms. The lowest BCUT2D eigenvalue weighted by molar-refractivity contribution is 0.0500. The molecule has 0 atom stereocenters. The van der Waals surface area contributed by atoms with Gasteiger partial charge >= 0.3 is 5.97 Å². The topological polar surface area (TPSA) is 86.8 Å². The molecule has 4 rings (SSSR count). The van der Waals surface area contributed by atoms with Crippen molar-refractivity contribution in [3.8, 4) is 11.5 Å². The summed E-state index contributed by atoms with van der Waals surface area (Å²) >= 11 is 1.30. The fourth-order valence-corrected chi connectivity index (χ4v) is 3.60. The molecule has 1 aromatic heterocycles. The van der Waals surface area contributed by atoms with E-state index in [1.807, 2.05) is 6.92 Å². The molecular weight excluding hydrogens is 380 g/mol. The Morgan fingerprint density at radius 2 is 1.96 bits per heavy atom. The van der Waals surface area contributed by atoms with Crippen LogP contribution in [0.4, 0.5) is 5.13 Å². The van der Waals surface area contributed by atoms with Gasteiger partial charge in [0.05, 0.1) is 22.4 Å². The Hall–Kier alpha value is -3.13. The molecule has 28 heavy (non-hydrogen) atoms. The molecule has 0 saturated heterocycles. The number of fused-ring (bicyclic) bond motifs is 2. The molecule has 1 N–H and O–H groups in total. The van der Waals surface area contributed by atoms with E-state index in [1.165, 1.54) is 11.3 Å². The number of thiazole rings is 1. The van der Waals surface area contributed by atoms with Gasteiger partial charge in [0.25, 0.3) is 5.91 Å². The first-order chi connectivity index (χ1) is 13.6. The predicted molar refractivity (Wildman–Crippen MR) is 105 cm³/mol. The molecule has 2 heterocycles. The zero-order valence-corrected chi connectivity index (χ0v) is 16.0. The van der Waals surface area contributed by atoms with Crippen molar-refractivity contribution in [2.75, 3.05) is 18.7 Å². The average molecular weight is 398 g/mol. The van der Waals surface area contributed by atoms with Crippen LogP contribution in [0.15, 0.2) is 36.4 Å². The van der Waals surface area contributed by atoms with Crippen molar-refractivity contribution in [3.63, 3.8) is 0 Å². The van der Waals surface area contributed by atoms with Crippen molar-refractivity contribution in [1.82, 2.24) is 4.98 Å². The molecule has 1 aliphatic rings. The van der Waals surface area contributed by atoms with E-state index < -0.39 is 0 Å². The molecule has 1 amide bonds.